The van der Waals surface area contributed by atoms with Crippen molar-refractivity contribution in [3.8, 4) is 5.75 Å². The van der Waals surface area contributed by atoms with Crippen molar-refractivity contribution in [1.29, 1.82) is 0 Å². The molecule has 3 amide bonds. The number of urea groups is 1. The monoisotopic (exact) mass is 543 g/mol. The standard InChI is InChI=1S/C28H31ClFN3O3S/c1-19(2)9-12-32(28(35)31-22-7-3-5-20(29)15-22)17-27(34)33-13-10-26-24(11-14-37-26)25(33)18-36-23-8-4-6-21(30)16-23/h3-8,11,14-16,19,25H,9-10,12-13,17-18H2,1-2H3,(H,31,35)/t25-/m0/s1. The molecule has 0 unspecified atom stereocenters. The van der Waals surface area contributed by atoms with Gasteiger partial charge in [-0.2, -0.15) is 0 Å². The van der Waals surface area contributed by atoms with Crippen LogP contribution in [0.25, 0.3) is 0 Å². The maximum absolute atomic E-state index is 13.7. The molecule has 196 valence electrons. The molecule has 2 aromatic carbocycles. The average Bonchev–Trinajstić information content (AvgIpc) is 3.34. The summed E-state index contributed by atoms with van der Waals surface area (Å²) in [7, 11) is 0. The summed E-state index contributed by atoms with van der Waals surface area (Å²) in [5.74, 6) is 0.244. The molecule has 0 radical (unpaired) electrons. The van der Waals surface area contributed by atoms with E-state index in [9.17, 15) is 14.0 Å². The summed E-state index contributed by atoms with van der Waals surface area (Å²) in [5.41, 5.74) is 1.61. The third-order valence-corrected chi connectivity index (χ3v) is 7.52. The minimum Gasteiger partial charge on any atom is -0.491 e. The topological polar surface area (TPSA) is 61.9 Å². The number of fused-ring (bicyclic) bond motifs is 1. The summed E-state index contributed by atoms with van der Waals surface area (Å²) >= 11 is 7.73. The Bertz CT molecular complexity index is 1230. The number of carbonyl (C=O) groups excluding carboxylic acids is 2. The number of rotatable bonds is 9. The van der Waals surface area contributed by atoms with Crippen LogP contribution < -0.4 is 10.1 Å². The number of carbonyl (C=O) groups is 2. The van der Waals surface area contributed by atoms with Crippen molar-refractivity contribution in [2.45, 2.75) is 32.7 Å². The number of ether oxygens (including phenoxy) is 1. The zero-order valence-corrected chi connectivity index (χ0v) is 22.5. The molecule has 0 bridgehead atoms. The van der Waals surface area contributed by atoms with Gasteiger partial charge >= 0.3 is 6.03 Å². The van der Waals surface area contributed by atoms with E-state index in [0.717, 1.165) is 18.4 Å². The number of anilines is 1. The Morgan fingerprint density at radius 1 is 1.22 bits per heavy atom. The Morgan fingerprint density at radius 2 is 2.03 bits per heavy atom. The minimum absolute atomic E-state index is 0.0605. The number of hydrogen-bond acceptors (Lipinski definition) is 4. The van der Waals surface area contributed by atoms with Crippen LogP contribution in [-0.2, 0) is 11.2 Å². The van der Waals surface area contributed by atoms with E-state index in [1.807, 2.05) is 11.4 Å². The molecule has 4 rings (SSSR count). The van der Waals surface area contributed by atoms with Gasteiger partial charge in [-0.1, -0.05) is 37.6 Å². The van der Waals surface area contributed by atoms with Gasteiger partial charge in [0.2, 0.25) is 5.91 Å². The molecule has 37 heavy (non-hydrogen) atoms. The fourth-order valence-electron chi connectivity index (χ4n) is 4.30. The van der Waals surface area contributed by atoms with Crippen LogP contribution in [0.5, 0.6) is 5.75 Å². The molecule has 0 fully saturated rings. The van der Waals surface area contributed by atoms with Crippen molar-refractivity contribution in [3.63, 3.8) is 0 Å². The highest BCUT2D eigenvalue weighted by molar-refractivity contribution is 7.10. The van der Waals surface area contributed by atoms with Crippen LogP contribution in [0.3, 0.4) is 0 Å². The van der Waals surface area contributed by atoms with Crippen LogP contribution in [0, 0.1) is 11.7 Å². The lowest BCUT2D eigenvalue weighted by Crippen LogP contribution is -2.49. The first kappa shape index (κ1) is 26.9. The molecule has 1 N–H and O–H groups in total. The molecule has 6 nitrogen and oxygen atoms in total. The van der Waals surface area contributed by atoms with Gasteiger partial charge in [0.25, 0.3) is 0 Å². The lowest BCUT2D eigenvalue weighted by Gasteiger charge is -2.37. The van der Waals surface area contributed by atoms with Crippen molar-refractivity contribution in [2.24, 2.45) is 5.92 Å². The maximum Gasteiger partial charge on any atom is 0.322 e. The van der Waals surface area contributed by atoms with E-state index in [1.165, 1.54) is 17.0 Å². The second-order valence-electron chi connectivity index (χ2n) is 9.47. The third kappa shape index (κ3) is 7.23. The Labute approximate surface area is 226 Å². The zero-order valence-electron chi connectivity index (χ0n) is 21.0. The van der Waals surface area contributed by atoms with Crippen LogP contribution in [0.4, 0.5) is 14.9 Å². The lowest BCUT2D eigenvalue weighted by atomic mass is 10.0. The predicted molar refractivity (Wildman–Crippen MR) is 146 cm³/mol. The van der Waals surface area contributed by atoms with Crippen LogP contribution in [0.1, 0.15) is 36.8 Å². The van der Waals surface area contributed by atoms with Crippen LogP contribution in [0.2, 0.25) is 5.02 Å². The lowest BCUT2D eigenvalue weighted by molar-refractivity contribution is -0.135. The van der Waals surface area contributed by atoms with E-state index in [0.29, 0.717) is 35.5 Å². The maximum atomic E-state index is 13.7. The normalized spacial score (nSPS) is 14.8. The molecule has 0 spiro atoms. The van der Waals surface area contributed by atoms with Gasteiger partial charge in [-0.15, -0.1) is 11.3 Å². The Kier molecular flexibility index (Phi) is 9.05. The third-order valence-electron chi connectivity index (χ3n) is 6.28. The van der Waals surface area contributed by atoms with E-state index in [-0.39, 0.29) is 36.9 Å². The first-order valence-corrected chi connectivity index (χ1v) is 13.6. The molecule has 0 aliphatic carbocycles. The van der Waals surface area contributed by atoms with Crippen molar-refractivity contribution < 1.29 is 18.7 Å². The van der Waals surface area contributed by atoms with E-state index in [2.05, 4.69) is 19.2 Å². The van der Waals surface area contributed by atoms with Crippen molar-refractivity contribution >= 4 is 40.6 Å². The first-order chi connectivity index (χ1) is 17.8. The highest BCUT2D eigenvalue weighted by atomic mass is 35.5. The van der Waals surface area contributed by atoms with E-state index >= 15 is 0 Å². The molecular weight excluding hydrogens is 513 g/mol. The van der Waals surface area contributed by atoms with E-state index in [4.69, 9.17) is 16.3 Å². The van der Waals surface area contributed by atoms with Crippen molar-refractivity contribution in [2.75, 3.05) is 31.6 Å². The quantitative estimate of drug-likeness (QED) is 0.329. The van der Waals surface area contributed by atoms with E-state index in [1.54, 1.807) is 57.5 Å². The predicted octanol–water partition coefficient (Wildman–Crippen LogP) is 6.63. The number of nitrogens with one attached hydrogen (secondary N) is 1. The number of nitrogens with zero attached hydrogens (tertiary/aromatic N) is 2. The van der Waals surface area contributed by atoms with Crippen molar-refractivity contribution in [3.05, 3.63) is 81.3 Å². The summed E-state index contributed by atoms with van der Waals surface area (Å²) < 4.78 is 19.6. The SMILES string of the molecule is CC(C)CCN(CC(=O)N1CCc2sccc2[C@@H]1COc1cccc(F)c1)C(=O)Nc1cccc(Cl)c1. The first-order valence-electron chi connectivity index (χ1n) is 12.4. The minimum atomic E-state index is -0.378. The summed E-state index contributed by atoms with van der Waals surface area (Å²) in [6.07, 6.45) is 1.51. The molecule has 1 atom stereocenters. The van der Waals surface area contributed by atoms with Gasteiger partial charge in [0.1, 0.15) is 24.7 Å². The Morgan fingerprint density at radius 3 is 2.78 bits per heavy atom. The van der Waals surface area contributed by atoms with Gasteiger partial charge in [-0.05, 0) is 66.1 Å². The molecule has 1 aromatic heterocycles. The molecule has 2 heterocycles. The molecule has 1 aliphatic rings. The van der Waals surface area contributed by atoms with Crippen molar-refractivity contribution in [1.82, 2.24) is 9.80 Å². The van der Waals surface area contributed by atoms with Gasteiger partial charge in [-0.3, -0.25) is 4.79 Å². The number of amides is 3. The average molecular weight is 544 g/mol. The molecule has 1 aliphatic heterocycles. The summed E-state index contributed by atoms with van der Waals surface area (Å²) in [6.45, 7) is 5.26. The van der Waals surface area contributed by atoms with Gasteiger partial charge < -0.3 is 19.9 Å². The number of thiophene rings is 1. The van der Waals surface area contributed by atoms with Gasteiger partial charge in [0, 0.05) is 34.7 Å². The smallest absolute Gasteiger partial charge is 0.322 e. The number of benzene rings is 2. The summed E-state index contributed by atoms with van der Waals surface area (Å²) in [4.78, 5) is 31.4. The van der Waals surface area contributed by atoms with Crippen LogP contribution >= 0.6 is 22.9 Å². The van der Waals surface area contributed by atoms with Crippen LogP contribution in [0.15, 0.2) is 60.0 Å². The van der Waals surface area contributed by atoms with E-state index < -0.39 is 0 Å². The second-order valence-corrected chi connectivity index (χ2v) is 10.9. The van der Waals surface area contributed by atoms with Crippen LogP contribution in [-0.4, -0.2) is 48.0 Å². The highest BCUT2D eigenvalue weighted by Crippen LogP contribution is 2.34. The fraction of sp³-hybridized carbons (Fsp3) is 0.357. The largest absolute Gasteiger partial charge is 0.491 e. The van der Waals surface area contributed by atoms with Gasteiger partial charge in [0.05, 0.1) is 6.04 Å². The summed E-state index contributed by atoms with van der Waals surface area (Å²) in [5, 5.41) is 5.40. The molecule has 0 saturated carbocycles. The molecule has 3 aromatic rings. The van der Waals surface area contributed by atoms with Gasteiger partial charge in [0.15, 0.2) is 0 Å². The number of halogens is 2. The number of hydrogen-bond donors (Lipinski definition) is 1. The molecule has 9 heteroatoms. The second kappa shape index (κ2) is 12.4. The summed E-state index contributed by atoms with van der Waals surface area (Å²) in [6, 6.07) is 14.2. The molecule has 0 saturated heterocycles. The Balaban J connectivity index is 1.50. The zero-order chi connectivity index (χ0) is 26.4. The fourth-order valence-corrected chi connectivity index (χ4v) is 5.41. The Hall–Kier alpha value is -3.10. The van der Waals surface area contributed by atoms with Gasteiger partial charge in [-0.25, -0.2) is 9.18 Å². The highest BCUT2D eigenvalue weighted by Gasteiger charge is 2.33. The molecular formula is C28H31ClFN3O3S.